The van der Waals surface area contributed by atoms with Crippen LogP contribution in [0.2, 0.25) is 0 Å². The number of aryl methyl sites for hydroxylation is 2. The number of carboxylic acid groups (broad SMARTS) is 1. The molecule has 0 fully saturated rings. The van der Waals surface area contributed by atoms with Crippen molar-refractivity contribution in [3.05, 3.63) is 63.6 Å². The van der Waals surface area contributed by atoms with E-state index < -0.39 is 5.97 Å². The Morgan fingerprint density at radius 2 is 1.79 bits per heavy atom. The van der Waals surface area contributed by atoms with E-state index in [4.69, 9.17) is 14.6 Å². The van der Waals surface area contributed by atoms with Gasteiger partial charge in [-0.2, -0.15) is 0 Å². The minimum Gasteiger partial charge on any atom is -0.490 e. The predicted molar refractivity (Wildman–Crippen MR) is 97.7 cm³/mol. The summed E-state index contributed by atoms with van der Waals surface area (Å²) >= 11 is 3.37. The summed E-state index contributed by atoms with van der Waals surface area (Å²) in [7, 11) is 0. The second-order valence-electron chi connectivity index (χ2n) is 5.32. The number of hydrogen-bond donors (Lipinski definition) is 1. The van der Waals surface area contributed by atoms with Crippen molar-refractivity contribution < 1.29 is 19.4 Å². The SMILES string of the molecule is Cc1ccc(C)c(OCCOc2ccc(Br)cc2C=CC(=O)O)c1. The molecule has 5 heteroatoms. The van der Waals surface area contributed by atoms with Crippen LogP contribution in [0, 0.1) is 13.8 Å². The van der Waals surface area contributed by atoms with Gasteiger partial charge in [0, 0.05) is 16.1 Å². The van der Waals surface area contributed by atoms with Gasteiger partial charge >= 0.3 is 5.97 Å². The quantitative estimate of drug-likeness (QED) is 0.553. The summed E-state index contributed by atoms with van der Waals surface area (Å²) in [6, 6.07) is 11.5. The van der Waals surface area contributed by atoms with Gasteiger partial charge in [-0.25, -0.2) is 4.79 Å². The monoisotopic (exact) mass is 390 g/mol. The molecule has 0 radical (unpaired) electrons. The molecular weight excluding hydrogens is 372 g/mol. The van der Waals surface area contributed by atoms with Crippen LogP contribution in [0.1, 0.15) is 16.7 Å². The van der Waals surface area contributed by atoms with Gasteiger partial charge in [0.25, 0.3) is 0 Å². The molecule has 0 aliphatic carbocycles. The van der Waals surface area contributed by atoms with Gasteiger partial charge in [-0.05, 0) is 55.3 Å². The first-order chi connectivity index (χ1) is 11.5. The minimum absolute atomic E-state index is 0.364. The molecule has 0 amide bonds. The fourth-order valence-electron chi connectivity index (χ4n) is 2.11. The number of halogens is 1. The second-order valence-corrected chi connectivity index (χ2v) is 6.24. The first-order valence-corrected chi connectivity index (χ1v) is 8.28. The zero-order valence-electron chi connectivity index (χ0n) is 13.6. The molecule has 0 aliphatic rings. The zero-order chi connectivity index (χ0) is 17.5. The van der Waals surface area contributed by atoms with E-state index in [1.807, 2.05) is 38.1 Å². The van der Waals surface area contributed by atoms with Crippen molar-refractivity contribution >= 4 is 28.0 Å². The van der Waals surface area contributed by atoms with Crippen molar-refractivity contribution in [1.29, 1.82) is 0 Å². The molecule has 2 rings (SSSR count). The Morgan fingerprint density at radius 1 is 1.08 bits per heavy atom. The third-order valence-electron chi connectivity index (χ3n) is 3.32. The second kappa shape index (κ2) is 8.55. The normalized spacial score (nSPS) is 10.8. The molecule has 0 spiro atoms. The van der Waals surface area contributed by atoms with Gasteiger partial charge in [0.2, 0.25) is 0 Å². The van der Waals surface area contributed by atoms with Gasteiger partial charge in [-0.15, -0.1) is 0 Å². The van der Waals surface area contributed by atoms with E-state index in [1.165, 1.54) is 6.08 Å². The molecule has 24 heavy (non-hydrogen) atoms. The molecule has 2 aromatic carbocycles. The van der Waals surface area contributed by atoms with Crippen LogP contribution in [0.5, 0.6) is 11.5 Å². The molecule has 1 N–H and O–H groups in total. The van der Waals surface area contributed by atoms with Gasteiger partial charge in [-0.1, -0.05) is 28.1 Å². The van der Waals surface area contributed by atoms with E-state index in [-0.39, 0.29) is 0 Å². The van der Waals surface area contributed by atoms with Gasteiger partial charge in [0.05, 0.1) is 0 Å². The highest BCUT2D eigenvalue weighted by Crippen LogP contribution is 2.25. The fourth-order valence-corrected chi connectivity index (χ4v) is 2.49. The molecule has 2 aromatic rings. The average molecular weight is 391 g/mol. The standard InChI is InChI=1S/C19H19BrO4/c1-13-3-4-14(2)18(11-13)24-10-9-23-17-7-6-16(20)12-15(17)5-8-19(21)22/h3-8,11-12H,9-10H2,1-2H3,(H,21,22). The first-order valence-electron chi connectivity index (χ1n) is 7.49. The maximum Gasteiger partial charge on any atom is 0.328 e. The topological polar surface area (TPSA) is 55.8 Å². The Labute approximate surface area is 149 Å². The summed E-state index contributed by atoms with van der Waals surface area (Å²) in [4.78, 5) is 10.7. The van der Waals surface area contributed by atoms with Crippen molar-refractivity contribution in [2.24, 2.45) is 0 Å². The maximum absolute atomic E-state index is 10.7. The van der Waals surface area contributed by atoms with Crippen LogP contribution in [0.4, 0.5) is 0 Å². The molecule has 0 bridgehead atoms. The van der Waals surface area contributed by atoms with Crippen LogP contribution in [0.25, 0.3) is 6.08 Å². The third-order valence-corrected chi connectivity index (χ3v) is 3.81. The Morgan fingerprint density at radius 3 is 2.50 bits per heavy atom. The predicted octanol–water partition coefficient (Wildman–Crippen LogP) is 4.62. The fraction of sp³-hybridized carbons (Fsp3) is 0.211. The molecule has 0 heterocycles. The zero-order valence-corrected chi connectivity index (χ0v) is 15.2. The van der Waals surface area contributed by atoms with Crippen molar-refractivity contribution in [3.8, 4) is 11.5 Å². The smallest absolute Gasteiger partial charge is 0.328 e. The lowest BCUT2D eigenvalue weighted by atomic mass is 10.1. The maximum atomic E-state index is 10.7. The van der Waals surface area contributed by atoms with E-state index in [1.54, 1.807) is 12.1 Å². The molecule has 0 unspecified atom stereocenters. The van der Waals surface area contributed by atoms with Gasteiger partial charge in [0.15, 0.2) is 0 Å². The molecule has 0 aliphatic heterocycles. The Balaban J connectivity index is 1.97. The van der Waals surface area contributed by atoms with Crippen LogP contribution in [-0.2, 0) is 4.79 Å². The lowest BCUT2D eigenvalue weighted by molar-refractivity contribution is -0.131. The molecule has 0 atom stereocenters. The highest BCUT2D eigenvalue weighted by atomic mass is 79.9. The highest BCUT2D eigenvalue weighted by Gasteiger charge is 2.04. The van der Waals surface area contributed by atoms with Crippen LogP contribution in [0.3, 0.4) is 0 Å². The number of rotatable bonds is 7. The van der Waals surface area contributed by atoms with E-state index in [0.29, 0.717) is 24.5 Å². The van der Waals surface area contributed by atoms with Crippen molar-refractivity contribution in [3.63, 3.8) is 0 Å². The van der Waals surface area contributed by atoms with Crippen LogP contribution < -0.4 is 9.47 Å². The van der Waals surface area contributed by atoms with E-state index >= 15 is 0 Å². The van der Waals surface area contributed by atoms with Gasteiger partial charge < -0.3 is 14.6 Å². The largest absolute Gasteiger partial charge is 0.490 e. The minimum atomic E-state index is -1.00. The lowest BCUT2D eigenvalue weighted by Gasteiger charge is -2.12. The van der Waals surface area contributed by atoms with Crippen LogP contribution >= 0.6 is 15.9 Å². The van der Waals surface area contributed by atoms with Crippen molar-refractivity contribution in [1.82, 2.24) is 0 Å². The number of carbonyl (C=O) groups is 1. The summed E-state index contributed by atoms with van der Waals surface area (Å²) in [5, 5.41) is 8.76. The van der Waals surface area contributed by atoms with Gasteiger partial charge in [-0.3, -0.25) is 0 Å². The number of aliphatic carboxylic acids is 1. The summed E-state index contributed by atoms with van der Waals surface area (Å²) in [6.07, 6.45) is 2.59. The number of carboxylic acids is 1. The van der Waals surface area contributed by atoms with E-state index in [2.05, 4.69) is 15.9 Å². The lowest BCUT2D eigenvalue weighted by Crippen LogP contribution is -2.10. The molecule has 4 nitrogen and oxygen atoms in total. The summed E-state index contributed by atoms with van der Waals surface area (Å²) < 4.78 is 12.3. The molecule has 0 aromatic heterocycles. The molecule has 0 saturated heterocycles. The Kier molecular flexibility index (Phi) is 6.44. The number of ether oxygens (including phenoxy) is 2. The molecule has 0 saturated carbocycles. The Bertz CT molecular complexity index is 753. The first kappa shape index (κ1) is 18.1. The number of benzene rings is 2. The number of hydrogen-bond acceptors (Lipinski definition) is 3. The summed E-state index contributed by atoms with van der Waals surface area (Å²) in [6.45, 7) is 4.79. The van der Waals surface area contributed by atoms with Crippen molar-refractivity contribution in [2.75, 3.05) is 13.2 Å². The summed E-state index contributed by atoms with van der Waals surface area (Å²) in [5.41, 5.74) is 2.92. The molecular formula is C19H19BrO4. The average Bonchev–Trinajstić information content (AvgIpc) is 2.54. The van der Waals surface area contributed by atoms with E-state index in [9.17, 15) is 4.79 Å². The Hall–Kier alpha value is -2.27. The summed E-state index contributed by atoms with van der Waals surface area (Å²) in [5.74, 6) is 0.458. The van der Waals surface area contributed by atoms with Gasteiger partial charge in [0.1, 0.15) is 24.7 Å². The molecule has 126 valence electrons. The van der Waals surface area contributed by atoms with Crippen LogP contribution in [-0.4, -0.2) is 24.3 Å². The van der Waals surface area contributed by atoms with Crippen molar-refractivity contribution in [2.45, 2.75) is 13.8 Å². The third kappa shape index (κ3) is 5.42. The van der Waals surface area contributed by atoms with Crippen LogP contribution in [0.15, 0.2) is 46.9 Å². The highest BCUT2D eigenvalue weighted by molar-refractivity contribution is 9.10. The van der Waals surface area contributed by atoms with E-state index in [0.717, 1.165) is 27.4 Å².